The van der Waals surface area contributed by atoms with E-state index >= 15 is 0 Å². The van der Waals surface area contributed by atoms with Crippen molar-refractivity contribution in [2.75, 3.05) is 20.8 Å². The lowest BCUT2D eigenvalue weighted by molar-refractivity contribution is -0.136. The lowest BCUT2D eigenvalue weighted by Gasteiger charge is -2.29. The summed E-state index contributed by atoms with van der Waals surface area (Å²) in [6.45, 7) is 4.45. The van der Waals surface area contributed by atoms with E-state index in [4.69, 9.17) is 14.2 Å². The summed E-state index contributed by atoms with van der Waals surface area (Å²) in [6, 6.07) is 4.38. The SMILES string of the molecule is CCCCC1=C(C(=O)OC)C(c2ccc(OCC)c(OC)c2)NC(=O)N1. The molecule has 0 bridgehead atoms. The Bertz CT molecular complexity index is 699. The molecule has 0 saturated heterocycles. The monoisotopic (exact) mass is 362 g/mol. The van der Waals surface area contributed by atoms with Crippen LogP contribution in [-0.4, -0.2) is 32.8 Å². The lowest BCUT2D eigenvalue weighted by Crippen LogP contribution is -2.45. The van der Waals surface area contributed by atoms with Crippen LogP contribution in [0.25, 0.3) is 0 Å². The van der Waals surface area contributed by atoms with Crippen LogP contribution in [0, 0.1) is 0 Å². The van der Waals surface area contributed by atoms with Crippen LogP contribution in [0.3, 0.4) is 0 Å². The molecule has 2 N–H and O–H groups in total. The number of hydrogen-bond donors (Lipinski definition) is 2. The molecule has 2 rings (SSSR count). The van der Waals surface area contributed by atoms with E-state index in [-0.39, 0.29) is 6.03 Å². The summed E-state index contributed by atoms with van der Waals surface area (Å²) in [4.78, 5) is 24.6. The zero-order chi connectivity index (χ0) is 19.1. The highest BCUT2D eigenvalue weighted by Crippen LogP contribution is 2.35. The summed E-state index contributed by atoms with van der Waals surface area (Å²) in [5.74, 6) is 0.673. The van der Waals surface area contributed by atoms with Gasteiger partial charge in [0, 0.05) is 5.70 Å². The maximum absolute atomic E-state index is 12.4. The number of ether oxygens (including phenoxy) is 3. The topological polar surface area (TPSA) is 85.9 Å². The number of carbonyl (C=O) groups excluding carboxylic acids is 2. The quantitative estimate of drug-likeness (QED) is 0.694. The largest absolute Gasteiger partial charge is 0.493 e. The molecule has 0 spiro atoms. The second-order valence-corrected chi connectivity index (χ2v) is 5.86. The van der Waals surface area contributed by atoms with Gasteiger partial charge in [-0.3, -0.25) is 0 Å². The molecule has 1 aromatic carbocycles. The third-order valence-electron chi connectivity index (χ3n) is 4.16. The van der Waals surface area contributed by atoms with E-state index in [1.165, 1.54) is 7.11 Å². The van der Waals surface area contributed by atoms with Gasteiger partial charge in [0.15, 0.2) is 11.5 Å². The van der Waals surface area contributed by atoms with Crippen molar-refractivity contribution in [3.8, 4) is 11.5 Å². The fourth-order valence-electron chi connectivity index (χ4n) is 2.91. The summed E-state index contributed by atoms with van der Waals surface area (Å²) in [5.41, 5.74) is 1.72. The predicted octanol–water partition coefficient (Wildman–Crippen LogP) is 3.07. The van der Waals surface area contributed by atoms with Crippen molar-refractivity contribution in [1.82, 2.24) is 10.6 Å². The van der Waals surface area contributed by atoms with Crippen LogP contribution in [0.15, 0.2) is 29.5 Å². The molecule has 0 fully saturated rings. The minimum atomic E-state index is -0.618. The Morgan fingerprint density at radius 2 is 1.96 bits per heavy atom. The number of esters is 1. The Morgan fingerprint density at radius 3 is 2.58 bits per heavy atom. The van der Waals surface area contributed by atoms with Gasteiger partial charge >= 0.3 is 12.0 Å². The van der Waals surface area contributed by atoms with Gasteiger partial charge in [-0.25, -0.2) is 9.59 Å². The van der Waals surface area contributed by atoms with Gasteiger partial charge in [0.25, 0.3) is 0 Å². The average Bonchev–Trinajstić information content (AvgIpc) is 2.65. The standard InChI is InChI=1S/C19H26N2O5/c1-5-7-8-13-16(18(22)25-4)17(21-19(23)20-13)12-9-10-14(26-6-2)15(11-12)24-3/h9-11,17H,5-8H2,1-4H3,(H2,20,21,23). The molecule has 0 aromatic heterocycles. The molecule has 0 aliphatic carbocycles. The van der Waals surface area contributed by atoms with Crippen LogP contribution in [0.1, 0.15) is 44.7 Å². The lowest BCUT2D eigenvalue weighted by atomic mass is 9.93. The van der Waals surface area contributed by atoms with Crippen molar-refractivity contribution >= 4 is 12.0 Å². The molecule has 1 aromatic rings. The summed E-state index contributed by atoms with van der Waals surface area (Å²) < 4.78 is 15.9. The van der Waals surface area contributed by atoms with Gasteiger partial charge in [-0.2, -0.15) is 0 Å². The smallest absolute Gasteiger partial charge is 0.337 e. The van der Waals surface area contributed by atoms with E-state index < -0.39 is 12.0 Å². The maximum Gasteiger partial charge on any atom is 0.337 e. The molecule has 1 aliphatic rings. The number of carbonyl (C=O) groups is 2. The number of allylic oxidation sites excluding steroid dienone is 1. The number of urea groups is 1. The molecule has 1 atom stereocenters. The number of benzene rings is 1. The Morgan fingerprint density at radius 1 is 1.19 bits per heavy atom. The van der Waals surface area contributed by atoms with E-state index in [9.17, 15) is 9.59 Å². The number of methoxy groups -OCH3 is 2. The molecular weight excluding hydrogens is 336 g/mol. The van der Waals surface area contributed by atoms with E-state index in [1.54, 1.807) is 19.2 Å². The molecule has 1 heterocycles. The average molecular weight is 362 g/mol. The van der Waals surface area contributed by atoms with Crippen molar-refractivity contribution in [3.63, 3.8) is 0 Å². The molecule has 1 aliphatic heterocycles. The highest BCUT2D eigenvalue weighted by molar-refractivity contribution is 5.95. The zero-order valence-corrected chi connectivity index (χ0v) is 15.7. The Kier molecular flexibility index (Phi) is 6.89. The van der Waals surface area contributed by atoms with Crippen molar-refractivity contribution in [3.05, 3.63) is 35.0 Å². The van der Waals surface area contributed by atoms with Crippen LogP contribution in [0.4, 0.5) is 4.79 Å². The first-order valence-corrected chi connectivity index (χ1v) is 8.75. The van der Waals surface area contributed by atoms with Gasteiger partial charge in [0.1, 0.15) is 0 Å². The number of nitrogens with one attached hydrogen (secondary N) is 2. The van der Waals surface area contributed by atoms with Crippen molar-refractivity contribution in [1.29, 1.82) is 0 Å². The van der Waals surface area contributed by atoms with E-state index in [0.29, 0.717) is 35.8 Å². The van der Waals surface area contributed by atoms with Gasteiger partial charge in [0.2, 0.25) is 0 Å². The zero-order valence-electron chi connectivity index (χ0n) is 15.7. The third-order valence-corrected chi connectivity index (χ3v) is 4.16. The Hall–Kier alpha value is -2.70. The van der Waals surface area contributed by atoms with E-state index in [1.807, 2.05) is 13.0 Å². The summed E-state index contributed by atoms with van der Waals surface area (Å²) in [5, 5.41) is 5.55. The van der Waals surface area contributed by atoms with Gasteiger partial charge in [0.05, 0.1) is 32.4 Å². The number of hydrogen-bond acceptors (Lipinski definition) is 5. The summed E-state index contributed by atoms with van der Waals surface area (Å²) in [7, 11) is 2.88. The normalized spacial score (nSPS) is 16.6. The van der Waals surface area contributed by atoms with Crippen LogP contribution >= 0.6 is 0 Å². The van der Waals surface area contributed by atoms with Crippen LogP contribution in [-0.2, 0) is 9.53 Å². The molecule has 7 heteroatoms. The Balaban J connectivity index is 2.49. The first kappa shape index (κ1) is 19.6. The van der Waals surface area contributed by atoms with Crippen LogP contribution < -0.4 is 20.1 Å². The minimum Gasteiger partial charge on any atom is -0.493 e. The van der Waals surface area contributed by atoms with E-state index in [0.717, 1.165) is 18.4 Å². The number of unbranched alkanes of at least 4 members (excludes halogenated alkanes) is 1. The molecular formula is C19H26N2O5. The highest BCUT2D eigenvalue weighted by atomic mass is 16.5. The second-order valence-electron chi connectivity index (χ2n) is 5.86. The molecule has 7 nitrogen and oxygen atoms in total. The number of amides is 2. The van der Waals surface area contributed by atoms with Crippen molar-refractivity contribution < 1.29 is 23.8 Å². The molecule has 1 unspecified atom stereocenters. The van der Waals surface area contributed by atoms with Gasteiger partial charge < -0.3 is 24.8 Å². The summed E-state index contributed by atoms with van der Waals surface area (Å²) >= 11 is 0. The van der Waals surface area contributed by atoms with Gasteiger partial charge in [-0.05, 0) is 37.5 Å². The first-order chi connectivity index (χ1) is 12.5. The Labute approximate surface area is 153 Å². The molecule has 0 saturated carbocycles. The third kappa shape index (κ3) is 4.28. The second kappa shape index (κ2) is 9.12. The van der Waals surface area contributed by atoms with Crippen LogP contribution in [0.2, 0.25) is 0 Å². The van der Waals surface area contributed by atoms with Gasteiger partial charge in [-0.1, -0.05) is 19.4 Å². The van der Waals surface area contributed by atoms with Crippen molar-refractivity contribution in [2.45, 2.75) is 39.2 Å². The minimum absolute atomic E-state index is 0.346. The first-order valence-electron chi connectivity index (χ1n) is 8.75. The van der Waals surface area contributed by atoms with Crippen LogP contribution in [0.5, 0.6) is 11.5 Å². The fraction of sp³-hybridized carbons (Fsp3) is 0.474. The highest BCUT2D eigenvalue weighted by Gasteiger charge is 2.33. The molecule has 2 amide bonds. The van der Waals surface area contributed by atoms with E-state index in [2.05, 4.69) is 17.6 Å². The molecule has 0 radical (unpaired) electrons. The summed E-state index contributed by atoms with van der Waals surface area (Å²) in [6.07, 6.45) is 2.40. The van der Waals surface area contributed by atoms with Gasteiger partial charge in [-0.15, -0.1) is 0 Å². The molecule has 142 valence electrons. The number of rotatable bonds is 8. The molecule has 26 heavy (non-hydrogen) atoms. The maximum atomic E-state index is 12.4. The van der Waals surface area contributed by atoms with Crippen molar-refractivity contribution in [2.24, 2.45) is 0 Å². The predicted molar refractivity (Wildman–Crippen MR) is 97.1 cm³/mol. The fourth-order valence-corrected chi connectivity index (χ4v) is 2.91.